The van der Waals surface area contributed by atoms with Crippen molar-refractivity contribution >= 4 is 5.82 Å². The summed E-state index contributed by atoms with van der Waals surface area (Å²) in [5, 5.41) is 12.8. The molecule has 6 nitrogen and oxygen atoms in total. The largest absolute Gasteiger partial charge is 0.376 e. The van der Waals surface area contributed by atoms with Gasteiger partial charge in [0.15, 0.2) is 5.82 Å². The molecule has 1 saturated heterocycles. The second kappa shape index (κ2) is 6.44. The average Bonchev–Trinajstić information content (AvgIpc) is 3.08. The Morgan fingerprint density at radius 2 is 2.18 bits per heavy atom. The molecule has 0 spiro atoms. The molecule has 0 saturated carbocycles. The Hall–Kier alpha value is -1.95. The highest BCUT2D eigenvalue weighted by Crippen LogP contribution is 2.28. The van der Waals surface area contributed by atoms with E-state index in [0.29, 0.717) is 0 Å². The number of hydrogen-bond acceptors (Lipinski definition) is 5. The highest BCUT2D eigenvalue weighted by Gasteiger charge is 2.35. The van der Waals surface area contributed by atoms with Crippen molar-refractivity contribution in [2.45, 2.75) is 38.8 Å². The quantitative estimate of drug-likeness (QED) is 0.842. The van der Waals surface area contributed by atoms with E-state index in [9.17, 15) is 0 Å². The number of rotatable bonds is 5. The Bertz CT molecular complexity index is 609. The van der Waals surface area contributed by atoms with Crippen LogP contribution in [0.15, 0.2) is 24.5 Å². The summed E-state index contributed by atoms with van der Waals surface area (Å²) in [4.78, 5) is 2.32. The van der Waals surface area contributed by atoms with Gasteiger partial charge in [-0.2, -0.15) is 10.2 Å². The van der Waals surface area contributed by atoms with E-state index in [4.69, 9.17) is 4.74 Å². The van der Waals surface area contributed by atoms with Crippen LogP contribution >= 0.6 is 0 Å². The molecule has 0 bridgehead atoms. The summed E-state index contributed by atoms with van der Waals surface area (Å²) in [5.41, 5.74) is 2.16. The number of aromatic nitrogens is 4. The van der Waals surface area contributed by atoms with Gasteiger partial charge in [-0.15, -0.1) is 5.10 Å². The third-order valence-corrected chi connectivity index (χ3v) is 4.15. The molecule has 1 aliphatic heterocycles. The van der Waals surface area contributed by atoms with E-state index in [0.717, 1.165) is 37.5 Å². The Kier molecular flexibility index (Phi) is 4.38. The van der Waals surface area contributed by atoms with Gasteiger partial charge in [-0.1, -0.05) is 0 Å². The van der Waals surface area contributed by atoms with Crippen LogP contribution in [0, 0.1) is 6.92 Å². The van der Waals surface area contributed by atoms with Crippen LogP contribution in [0.2, 0.25) is 0 Å². The highest BCUT2D eigenvalue weighted by molar-refractivity contribution is 5.41. The number of nitrogens with zero attached hydrogens (tertiary/aromatic N) is 5. The van der Waals surface area contributed by atoms with Gasteiger partial charge in [-0.3, -0.25) is 4.68 Å². The van der Waals surface area contributed by atoms with E-state index in [-0.39, 0.29) is 12.1 Å². The highest BCUT2D eigenvalue weighted by atomic mass is 16.5. The van der Waals surface area contributed by atoms with E-state index >= 15 is 0 Å². The van der Waals surface area contributed by atoms with Crippen molar-refractivity contribution in [3.63, 3.8) is 0 Å². The summed E-state index contributed by atoms with van der Waals surface area (Å²) in [7, 11) is 1.95. The van der Waals surface area contributed by atoms with Crippen LogP contribution in [0.3, 0.4) is 0 Å². The minimum absolute atomic E-state index is 0.230. The van der Waals surface area contributed by atoms with Gasteiger partial charge in [0, 0.05) is 26.4 Å². The Labute approximate surface area is 131 Å². The van der Waals surface area contributed by atoms with Gasteiger partial charge in [0.1, 0.15) is 0 Å². The molecule has 0 N–H and O–H groups in total. The van der Waals surface area contributed by atoms with Crippen molar-refractivity contribution in [2.24, 2.45) is 7.05 Å². The van der Waals surface area contributed by atoms with E-state index in [1.807, 2.05) is 37.0 Å². The first-order valence-electron chi connectivity index (χ1n) is 7.83. The lowest BCUT2D eigenvalue weighted by Gasteiger charge is -2.28. The maximum Gasteiger partial charge on any atom is 0.151 e. The van der Waals surface area contributed by atoms with Crippen molar-refractivity contribution in [3.8, 4) is 0 Å². The van der Waals surface area contributed by atoms with Gasteiger partial charge in [0.25, 0.3) is 0 Å². The first kappa shape index (κ1) is 15.0. The van der Waals surface area contributed by atoms with Crippen molar-refractivity contribution in [3.05, 3.63) is 35.8 Å². The predicted molar refractivity (Wildman–Crippen MR) is 84.8 cm³/mol. The van der Waals surface area contributed by atoms with Crippen LogP contribution in [0.25, 0.3) is 0 Å². The van der Waals surface area contributed by atoms with Crippen molar-refractivity contribution in [1.29, 1.82) is 0 Å². The van der Waals surface area contributed by atoms with Gasteiger partial charge in [0.2, 0.25) is 0 Å². The van der Waals surface area contributed by atoms with Crippen LogP contribution < -0.4 is 4.90 Å². The lowest BCUT2D eigenvalue weighted by atomic mass is 10.0. The Morgan fingerprint density at radius 1 is 1.32 bits per heavy atom. The fraction of sp³-hybridized carbons (Fsp3) is 0.562. The molecule has 118 valence electrons. The standard InChI is InChI=1S/C16H23N5O/c1-4-22-15-7-8-21(16-6-5-12(2)18-19-16)14(15)9-13-10-17-20(3)11-13/h5-6,10-11,14-15H,4,7-9H2,1-3H3/t14-,15-/m1/s1. The summed E-state index contributed by atoms with van der Waals surface area (Å²) >= 11 is 0. The van der Waals surface area contributed by atoms with Crippen molar-refractivity contribution in [2.75, 3.05) is 18.1 Å². The second-order valence-corrected chi connectivity index (χ2v) is 5.80. The normalized spacial score (nSPS) is 21.5. The number of anilines is 1. The van der Waals surface area contributed by atoms with E-state index < -0.39 is 0 Å². The molecule has 6 heteroatoms. The average molecular weight is 301 g/mol. The molecular formula is C16H23N5O. The molecule has 0 radical (unpaired) electrons. The zero-order valence-electron chi connectivity index (χ0n) is 13.4. The minimum atomic E-state index is 0.230. The molecule has 0 aliphatic carbocycles. The van der Waals surface area contributed by atoms with Crippen LogP contribution in [-0.2, 0) is 18.2 Å². The van der Waals surface area contributed by atoms with Crippen LogP contribution in [-0.4, -0.2) is 45.3 Å². The number of ether oxygens (including phenoxy) is 1. The molecule has 3 heterocycles. The van der Waals surface area contributed by atoms with Crippen LogP contribution in [0.1, 0.15) is 24.6 Å². The van der Waals surface area contributed by atoms with Crippen LogP contribution in [0.5, 0.6) is 0 Å². The third-order valence-electron chi connectivity index (χ3n) is 4.15. The lowest BCUT2D eigenvalue weighted by Crippen LogP contribution is -2.38. The van der Waals surface area contributed by atoms with Crippen LogP contribution in [0.4, 0.5) is 5.82 Å². The van der Waals surface area contributed by atoms with Crippen molar-refractivity contribution < 1.29 is 4.74 Å². The topological polar surface area (TPSA) is 56.1 Å². The number of hydrogen-bond donors (Lipinski definition) is 0. The zero-order valence-corrected chi connectivity index (χ0v) is 13.4. The SMILES string of the molecule is CCO[C@@H]1CCN(c2ccc(C)nn2)[C@@H]1Cc1cnn(C)c1. The van der Waals surface area contributed by atoms with E-state index in [2.05, 4.69) is 33.3 Å². The summed E-state index contributed by atoms with van der Waals surface area (Å²) in [6, 6.07) is 4.34. The molecule has 1 fully saturated rings. The van der Waals surface area contributed by atoms with Gasteiger partial charge in [-0.25, -0.2) is 0 Å². The summed E-state index contributed by atoms with van der Waals surface area (Å²) in [6.07, 6.45) is 6.16. The molecule has 3 rings (SSSR count). The first-order chi connectivity index (χ1) is 10.7. The van der Waals surface area contributed by atoms with Gasteiger partial charge in [0.05, 0.1) is 24.0 Å². The maximum absolute atomic E-state index is 5.95. The zero-order chi connectivity index (χ0) is 15.5. The number of aryl methyl sites for hydroxylation is 2. The molecule has 0 aromatic carbocycles. The molecule has 0 amide bonds. The molecule has 22 heavy (non-hydrogen) atoms. The summed E-state index contributed by atoms with van der Waals surface area (Å²) in [6.45, 7) is 5.70. The van der Waals surface area contributed by atoms with Gasteiger partial charge in [-0.05, 0) is 44.4 Å². The first-order valence-corrected chi connectivity index (χ1v) is 7.83. The monoisotopic (exact) mass is 301 g/mol. The minimum Gasteiger partial charge on any atom is -0.376 e. The summed E-state index contributed by atoms with van der Waals surface area (Å²) < 4.78 is 7.80. The third kappa shape index (κ3) is 3.11. The lowest BCUT2D eigenvalue weighted by molar-refractivity contribution is 0.0571. The van der Waals surface area contributed by atoms with Gasteiger partial charge < -0.3 is 9.64 Å². The molecule has 2 atom stereocenters. The molecule has 2 aromatic rings. The fourth-order valence-corrected chi connectivity index (χ4v) is 3.12. The fourth-order valence-electron chi connectivity index (χ4n) is 3.12. The molecule has 1 aliphatic rings. The Balaban J connectivity index is 1.82. The summed E-state index contributed by atoms with van der Waals surface area (Å²) in [5.74, 6) is 0.932. The Morgan fingerprint density at radius 3 is 2.82 bits per heavy atom. The van der Waals surface area contributed by atoms with E-state index in [1.54, 1.807) is 0 Å². The second-order valence-electron chi connectivity index (χ2n) is 5.80. The van der Waals surface area contributed by atoms with E-state index in [1.165, 1.54) is 5.56 Å². The van der Waals surface area contributed by atoms with Gasteiger partial charge >= 0.3 is 0 Å². The molecule has 0 unspecified atom stereocenters. The smallest absolute Gasteiger partial charge is 0.151 e. The molecular weight excluding hydrogens is 278 g/mol. The molecule has 2 aromatic heterocycles. The maximum atomic E-state index is 5.95. The predicted octanol–water partition coefficient (Wildman–Crippen LogP) is 1.75. The van der Waals surface area contributed by atoms with Crippen molar-refractivity contribution in [1.82, 2.24) is 20.0 Å².